The van der Waals surface area contributed by atoms with E-state index in [2.05, 4.69) is 0 Å². The van der Waals surface area contributed by atoms with Crippen LogP contribution in [0.1, 0.15) is 37.7 Å². The molecule has 0 bridgehead atoms. The van der Waals surface area contributed by atoms with Gasteiger partial charge in [0.15, 0.2) is 0 Å². The van der Waals surface area contributed by atoms with E-state index in [0.717, 1.165) is 18.4 Å². The number of amides is 1. The van der Waals surface area contributed by atoms with Crippen LogP contribution in [0.15, 0.2) is 24.3 Å². The molecule has 1 aromatic rings. The lowest BCUT2D eigenvalue weighted by atomic mass is 9.77. The normalized spacial score (nSPS) is 25.7. The van der Waals surface area contributed by atoms with Crippen molar-refractivity contribution in [2.75, 3.05) is 13.7 Å². The van der Waals surface area contributed by atoms with Gasteiger partial charge in [0.1, 0.15) is 18.0 Å². The van der Waals surface area contributed by atoms with E-state index in [1.165, 1.54) is 4.90 Å². The first-order chi connectivity index (χ1) is 11.5. The lowest BCUT2D eigenvalue weighted by molar-refractivity contribution is -0.150. The number of alkyl halides is 1. The number of hydrogen-bond acceptors (Lipinski definition) is 3. The number of benzene rings is 1. The van der Waals surface area contributed by atoms with Gasteiger partial charge in [0.2, 0.25) is 5.91 Å². The number of carbonyl (C=O) groups excluding carboxylic acids is 1. The van der Waals surface area contributed by atoms with Crippen LogP contribution in [0.3, 0.4) is 0 Å². The molecule has 1 saturated carbocycles. The zero-order valence-corrected chi connectivity index (χ0v) is 13.7. The Labute approximate surface area is 140 Å². The molecule has 0 radical (unpaired) electrons. The van der Waals surface area contributed by atoms with E-state index in [1.54, 1.807) is 19.2 Å². The molecule has 1 aliphatic carbocycles. The van der Waals surface area contributed by atoms with Crippen LogP contribution in [0.5, 0.6) is 5.75 Å². The van der Waals surface area contributed by atoms with Crippen molar-refractivity contribution < 1.29 is 23.8 Å². The van der Waals surface area contributed by atoms with Crippen LogP contribution < -0.4 is 4.74 Å². The van der Waals surface area contributed by atoms with Crippen molar-refractivity contribution in [2.24, 2.45) is 0 Å². The molecule has 1 saturated heterocycles. The summed E-state index contributed by atoms with van der Waals surface area (Å²) in [5.41, 5.74) is 0.113. The highest BCUT2D eigenvalue weighted by atomic mass is 19.1. The van der Waals surface area contributed by atoms with Crippen molar-refractivity contribution >= 4 is 11.9 Å². The molecular weight excluding hydrogens is 313 g/mol. The first-order valence-electron chi connectivity index (χ1n) is 8.30. The molecule has 130 valence electrons. The average Bonchev–Trinajstić information content (AvgIpc) is 3.22. The van der Waals surface area contributed by atoms with Gasteiger partial charge in [-0.05, 0) is 30.5 Å². The third kappa shape index (κ3) is 2.74. The van der Waals surface area contributed by atoms with Gasteiger partial charge in [0, 0.05) is 6.42 Å². The van der Waals surface area contributed by atoms with E-state index < -0.39 is 23.6 Å². The molecule has 1 N–H and O–H groups in total. The van der Waals surface area contributed by atoms with Gasteiger partial charge in [0.25, 0.3) is 0 Å². The molecule has 0 unspecified atom stereocenters. The Kier molecular flexibility index (Phi) is 4.47. The number of nitrogens with zero attached hydrogens (tertiary/aromatic N) is 1. The fraction of sp³-hybridized carbons (Fsp3) is 0.556. The standard InChI is InChI=1S/C18H22FNO4/c1-24-14-6-4-12(5-7-14)18(8-2-3-9-18)17(23)20-11-13(19)10-15(20)16(21)22/h4-7,13,15H,2-3,8-11H2,1H3,(H,21,22)/t13-,15+/m0/s1. The SMILES string of the molecule is COc1ccc(C2(C(=O)N3C[C@@H](F)C[C@@H]3C(=O)O)CCCC2)cc1. The minimum atomic E-state index is -1.27. The van der Waals surface area contributed by atoms with Gasteiger partial charge in [-0.2, -0.15) is 0 Å². The maximum absolute atomic E-state index is 13.8. The highest BCUT2D eigenvalue weighted by Gasteiger charge is 2.50. The predicted octanol–water partition coefficient (Wildman–Crippen LogP) is 2.53. The molecule has 0 spiro atoms. The summed E-state index contributed by atoms with van der Waals surface area (Å²) >= 11 is 0. The van der Waals surface area contributed by atoms with Crippen LogP contribution in [0.25, 0.3) is 0 Å². The molecule has 3 rings (SSSR count). The Morgan fingerprint density at radius 3 is 2.42 bits per heavy atom. The first kappa shape index (κ1) is 16.7. The lowest BCUT2D eigenvalue weighted by Crippen LogP contribution is -2.50. The number of halogens is 1. The number of carboxylic acids is 1. The Balaban J connectivity index is 1.94. The van der Waals surface area contributed by atoms with Crippen LogP contribution >= 0.6 is 0 Å². The summed E-state index contributed by atoms with van der Waals surface area (Å²) in [5.74, 6) is -0.683. The number of hydrogen-bond donors (Lipinski definition) is 1. The van der Waals surface area contributed by atoms with Crippen LogP contribution in [-0.2, 0) is 15.0 Å². The average molecular weight is 335 g/mol. The molecule has 1 amide bonds. The molecule has 2 aliphatic rings. The van der Waals surface area contributed by atoms with Gasteiger partial charge in [-0.3, -0.25) is 4.79 Å². The summed E-state index contributed by atoms with van der Waals surface area (Å²) in [6.07, 6.45) is 1.74. The second-order valence-electron chi connectivity index (χ2n) is 6.66. The second kappa shape index (κ2) is 6.42. The summed E-state index contributed by atoms with van der Waals surface area (Å²) in [5, 5.41) is 9.34. The minimum Gasteiger partial charge on any atom is -0.497 e. The number of methoxy groups -OCH3 is 1. The summed E-state index contributed by atoms with van der Waals surface area (Å²) in [6, 6.07) is 6.27. The number of carboxylic acid groups (broad SMARTS) is 1. The molecule has 1 aromatic carbocycles. The fourth-order valence-corrected chi connectivity index (χ4v) is 4.03. The zero-order valence-electron chi connectivity index (χ0n) is 13.7. The van der Waals surface area contributed by atoms with Crippen LogP contribution in [0.2, 0.25) is 0 Å². The van der Waals surface area contributed by atoms with E-state index in [0.29, 0.717) is 18.6 Å². The molecule has 1 heterocycles. The monoisotopic (exact) mass is 335 g/mol. The van der Waals surface area contributed by atoms with Gasteiger partial charge in [-0.1, -0.05) is 25.0 Å². The topological polar surface area (TPSA) is 66.8 Å². The predicted molar refractivity (Wildman–Crippen MR) is 85.8 cm³/mol. The Hall–Kier alpha value is -2.11. The van der Waals surface area contributed by atoms with Crippen molar-refractivity contribution in [2.45, 2.75) is 49.7 Å². The number of carbonyl (C=O) groups is 2. The number of ether oxygens (including phenoxy) is 1. The largest absolute Gasteiger partial charge is 0.497 e. The zero-order chi connectivity index (χ0) is 17.3. The maximum atomic E-state index is 13.8. The van der Waals surface area contributed by atoms with Crippen molar-refractivity contribution in [3.63, 3.8) is 0 Å². The van der Waals surface area contributed by atoms with Gasteiger partial charge in [-0.25, -0.2) is 9.18 Å². The molecule has 6 heteroatoms. The Bertz CT molecular complexity index is 624. The molecule has 2 fully saturated rings. The highest BCUT2D eigenvalue weighted by molar-refractivity contribution is 5.92. The molecule has 2 atom stereocenters. The molecule has 1 aliphatic heterocycles. The van der Waals surface area contributed by atoms with Crippen LogP contribution in [-0.4, -0.2) is 47.8 Å². The van der Waals surface area contributed by atoms with Crippen LogP contribution in [0.4, 0.5) is 4.39 Å². The molecule has 24 heavy (non-hydrogen) atoms. The quantitative estimate of drug-likeness (QED) is 0.918. The van der Waals surface area contributed by atoms with E-state index in [9.17, 15) is 19.1 Å². The lowest BCUT2D eigenvalue weighted by Gasteiger charge is -2.34. The molecular formula is C18H22FNO4. The van der Waals surface area contributed by atoms with E-state index in [1.807, 2.05) is 12.1 Å². The molecule has 5 nitrogen and oxygen atoms in total. The Morgan fingerprint density at radius 1 is 1.25 bits per heavy atom. The number of rotatable bonds is 4. The first-order valence-corrected chi connectivity index (χ1v) is 8.30. The van der Waals surface area contributed by atoms with Gasteiger partial charge < -0.3 is 14.7 Å². The van der Waals surface area contributed by atoms with Gasteiger partial charge >= 0.3 is 5.97 Å². The van der Waals surface area contributed by atoms with E-state index in [4.69, 9.17) is 4.74 Å². The molecule has 0 aromatic heterocycles. The van der Waals surface area contributed by atoms with Crippen LogP contribution in [0, 0.1) is 0 Å². The third-order valence-corrected chi connectivity index (χ3v) is 5.31. The van der Waals surface area contributed by atoms with Gasteiger partial charge in [-0.15, -0.1) is 0 Å². The Morgan fingerprint density at radius 2 is 1.88 bits per heavy atom. The van der Waals surface area contributed by atoms with Crippen molar-refractivity contribution in [1.82, 2.24) is 4.90 Å². The van der Waals surface area contributed by atoms with E-state index in [-0.39, 0.29) is 18.9 Å². The summed E-state index contributed by atoms with van der Waals surface area (Å²) < 4.78 is 18.9. The number of aliphatic carboxylic acids is 1. The van der Waals surface area contributed by atoms with Crippen molar-refractivity contribution in [3.05, 3.63) is 29.8 Å². The summed E-state index contributed by atoms with van der Waals surface area (Å²) in [4.78, 5) is 25.9. The van der Waals surface area contributed by atoms with E-state index >= 15 is 0 Å². The smallest absolute Gasteiger partial charge is 0.326 e. The summed E-state index contributed by atoms with van der Waals surface area (Å²) in [7, 11) is 1.58. The van der Waals surface area contributed by atoms with Crippen molar-refractivity contribution in [3.8, 4) is 5.75 Å². The minimum absolute atomic E-state index is 0.125. The number of likely N-dealkylation sites (tertiary alicyclic amines) is 1. The second-order valence-corrected chi connectivity index (χ2v) is 6.66. The van der Waals surface area contributed by atoms with Crippen molar-refractivity contribution in [1.29, 1.82) is 0 Å². The highest BCUT2D eigenvalue weighted by Crippen LogP contribution is 2.44. The van der Waals surface area contributed by atoms with Gasteiger partial charge in [0.05, 0.1) is 19.1 Å². The summed E-state index contributed by atoms with van der Waals surface area (Å²) in [6.45, 7) is -0.131. The maximum Gasteiger partial charge on any atom is 0.326 e. The fourth-order valence-electron chi connectivity index (χ4n) is 4.03. The third-order valence-electron chi connectivity index (χ3n) is 5.31.